The summed E-state index contributed by atoms with van der Waals surface area (Å²) < 4.78 is 3.38. The molecule has 4 rings (SSSR count). The highest BCUT2D eigenvalue weighted by Gasteiger charge is 2.18. The van der Waals surface area contributed by atoms with E-state index < -0.39 is 11.8 Å². The zero-order valence-electron chi connectivity index (χ0n) is 15.7. The molecule has 8 nitrogen and oxygen atoms in total. The van der Waals surface area contributed by atoms with Gasteiger partial charge in [-0.15, -0.1) is 5.10 Å². The van der Waals surface area contributed by atoms with E-state index in [9.17, 15) is 9.59 Å². The summed E-state index contributed by atoms with van der Waals surface area (Å²) in [6.07, 6.45) is 1.71. The number of hydrazine groups is 1. The Kier molecular flexibility index (Phi) is 4.77. The number of carbonyl (C=O) groups excluding carboxylic acids is 2. The van der Waals surface area contributed by atoms with Gasteiger partial charge in [0.05, 0.1) is 11.3 Å². The van der Waals surface area contributed by atoms with E-state index in [0.29, 0.717) is 16.4 Å². The number of rotatable bonds is 3. The standard InChI is InChI=1S/C20H17ClN6O2/c1-12-22-18(25-27(12)14-9-7-13(21)8-10-14)20(29)24-23-19(28)16-11-26(2)17-6-4-3-5-15(16)17/h3-11H,1-2H3,(H,23,28)(H,24,29). The number of amides is 2. The lowest BCUT2D eigenvalue weighted by atomic mass is 10.2. The third-order valence-electron chi connectivity index (χ3n) is 4.47. The molecule has 9 heteroatoms. The molecule has 0 aliphatic heterocycles. The van der Waals surface area contributed by atoms with Gasteiger partial charge in [0.15, 0.2) is 0 Å². The van der Waals surface area contributed by atoms with Gasteiger partial charge in [-0.2, -0.15) is 0 Å². The Balaban J connectivity index is 1.49. The second-order valence-corrected chi connectivity index (χ2v) is 6.89. The zero-order chi connectivity index (χ0) is 20.5. The smallest absolute Gasteiger partial charge is 0.309 e. The van der Waals surface area contributed by atoms with Crippen LogP contribution in [0.4, 0.5) is 0 Å². The molecular weight excluding hydrogens is 392 g/mol. The summed E-state index contributed by atoms with van der Waals surface area (Å²) in [6.45, 7) is 1.73. The van der Waals surface area contributed by atoms with E-state index in [-0.39, 0.29) is 5.82 Å². The van der Waals surface area contributed by atoms with E-state index in [1.54, 1.807) is 37.4 Å². The minimum Gasteiger partial charge on any atom is -0.350 e. The SMILES string of the molecule is Cc1nc(C(=O)NNC(=O)c2cn(C)c3ccccc23)nn1-c1ccc(Cl)cc1. The van der Waals surface area contributed by atoms with Crippen molar-refractivity contribution in [2.75, 3.05) is 0 Å². The summed E-state index contributed by atoms with van der Waals surface area (Å²) in [6, 6.07) is 14.5. The highest BCUT2D eigenvalue weighted by atomic mass is 35.5. The average molecular weight is 409 g/mol. The fourth-order valence-corrected chi connectivity index (χ4v) is 3.20. The molecule has 0 atom stereocenters. The average Bonchev–Trinajstić information content (AvgIpc) is 3.27. The first-order chi connectivity index (χ1) is 13.9. The Labute approximate surface area is 171 Å². The van der Waals surface area contributed by atoms with Crippen LogP contribution in [-0.4, -0.2) is 31.1 Å². The molecule has 0 unspecified atom stereocenters. The number of nitrogens with one attached hydrogen (secondary N) is 2. The molecule has 0 spiro atoms. The van der Waals surface area contributed by atoms with Gasteiger partial charge in [0.25, 0.3) is 5.91 Å². The van der Waals surface area contributed by atoms with Crippen LogP contribution in [0, 0.1) is 6.92 Å². The Morgan fingerprint density at radius 3 is 2.45 bits per heavy atom. The molecule has 146 valence electrons. The van der Waals surface area contributed by atoms with Gasteiger partial charge in [-0.05, 0) is 37.3 Å². The molecule has 2 N–H and O–H groups in total. The largest absolute Gasteiger partial charge is 0.350 e. The van der Waals surface area contributed by atoms with Crippen molar-refractivity contribution in [3.63, 3.8) is 0 Å². The van der Waals surface area contributed by atoms with Crippen molar-refractivity contribution in [2.45, 2.75) is 6.92 Å². The fourth-order valence-electron chi connectivity index (χ4n) is 3.07. The number of fused-ring (bicyclic) bond motifs is 1. The minimum absolute atomic E-state index is 0.0596. The Morgan fingerprint density at radius 1 is 1.00 bits per heavy atom. The Bertz CT molecular complexity index is 1230. The van der Waals surface area contributed by atoms with Gasteiger partial charge in [-0.3, -0.25) is 20.4 Å². The first kappa shape index (κ1) is 18.7. The van der Waals surface area contributed by atoms with Crippen LogP contribution in [0.3, 0.4) is 0 Å². The van der Waals surface area contributed by atoms with Crippen molar-refractivity contribution in [3.05, 3.63) is 77.0 Å². The van der Waals surface area contributed by atoms with Crippen molar-refractivity contribution in [2.24, 2.45) is 7.05 Å². The predicted octanol–water partition coefficient (Wildman–Crippen LogP) is 2.80. The molecule has 4 aromatic rings. The molecule has 0 saturated heterocycles. The maximum Gasteiger partial charge on any atom is 0.309 e. The van der Waals surface area contributed by atoms with E-state index in [4.69, 9.17) is 11.6 Å². The van der Waals surface area contributed by atoms with Gasteiger partial charge in [0.1, 0.15) is 5.82 Å². The Morgan fingerprint density at radius 2 is 1.69 bits per heavy atom. The van der Waals surface area contributed by atoms with Gasteiger partial charge in [0, 0.05) is 29.2 Å². The fraction of sp³-hybridized carbons (Fsp3) is 0.100. The van der Waals surface area contributed by atoms with E-state index in [0.717, 1.165) is 16.6 Å². The van der Waals surface area contributed by atoms with Crippen LogP contribution >= 0.6 is 11.6 Å². The topological polar surface area (TPSA) is 93.8 Å². The van der Waals surface area contributed by atoms with Gasteiger partial charge in [-0.25, -0.2) is 9.67 Å². The summed E-state index contributed by atoms with van der Waals surface area (Å²) in [5.41, 5.74) is 6.88. The number of para-hydroxylation sites is 1. The Hall–Kier alpha value is -3.65. The van der Waals surface area contributed by atoms with Gasteiger partial charge >= 0.3 is 5.91 Å². The summed E-state index contributed by atoms with van der Waals surface area (Å²) >= 11 is 5.90. The highest BCUT2D eigenvalue weighted by molar-refractivity contribution is 6.30. The van der Waals surface area contributed by atoms with Crippen molar-refractivity contribution in [3.8, 4) is 5.69 Å². The quantitative estimate of drug-likeness (QED) is 0.510. The number of aryl methyl sites for hydroxylation is 2. The molecule has 2 aromatic carbocycles. The number of carbonyl (C=O) groups is 2. The van der Waals surface area contributed by atoms with Gasteiger partial charge in [0.2, 0.25) is 5.82 Å². The molecule has 0 saturated carbocycles. The minimum atomic E-state index is -0.616. The summed E-state index contributed by atoms with van der Waals surface area (Å²) in [4.78, 5) is 29.1. The van der Waals surface area contributed by atoms with Crippen LogP contribution in [0.15, 0.2) is 54.7 Å². The molecule has 2 aromatic heterocycles. The number of aromatic nitrogens is 4. The summed E-state index contributed by atoms with van der Waals surface area (Å²) in [5.74, 6) is -0.577. The summed E-state index contributed by atoms with van der Waals surface area (Å²) in [5, 5.41) is 5.60. The van der Waals surface area contributed by atoms with E-state index >= 15 is 0 Å². The number of benzene rings is 2. The first-order valence-electron chi connectivity index (χ1n) is 8.78. The zero-order valence-corrected chi connectivity index (χ0v) is 16.4. The molecular formula is C20H17ClN6O2. The van der Waals surface area contributed by atoms with Crippen molar-refractivity contribution in [1.29, 1.82) is 0 Å². The number of hydrogen-bond donors (Lipinski definition) is 2. The monoisotopic (exact) mass is 408 g/mol. The van der Waals surface area contributed by atoms with Gasteiger partial charge in [-0.1, -0.05) is 29.8 Å². The van der Waals surface area contributed by atoms with E-state index in [2.05, 4.69) is 20.9 Å². The third kappa shape index (κ3) is 3.57. The lowest BCUT2D eigenvalue weighted by molar-refractivity contribution is 0.0841. The van der Waals surface area contributed by atoms with E-state index in [1.807, 2.05) is 35.9 Å². The van der Waals surface area contributed by atoms with Crippen molar-refractivity contribution >= 4 is 34.3 Å². The van der Waals surface area contributed by atoms with Crippen LogP contribution in [0.25, 0.3) is 16.6 Å². The molecule has 0 fully saturated rings. The third-order valence-corrected chi connectivity index (χ3v) is 4.73. The maximum atomic E-state index is 12.5. The van der Waals surface area contributed by atoms with Gasteiger partial charge < -0.3 is 4.57 Å². The van der Waals surface area contributed by atoms with Crippen molar-refractivity contribution < 1.29 is 9.59 Å². The van der Waals surface area contributed by atoms with Crippen LogP contribution in [0.1, 0.15) is 26.8 Å². The second kappa shape index (κ2) is 7.40. The van der Waals surface area contributed by atoms with Crippen LogP contribution in [-0.2, 0) is 7.05 Å². The molecule has 0 bridgehead atoms. The maximum absolute atomic E-state index is 12.5. The first-order valence-corrected chi connectivity index (χ1v) is 9.16. The number of hydrogen-bond acceptors (Lipinski definition) is 4. The molecule has 0 radical (unpaired) electrons. The molecule has 2 amide bonds. The van der Waals surface area contributed by atoms with E-state index in [1.165, 1.54) is 4.68 Å². The number of halogens is 1. The van der Waals surface area contributed by atoms with Crippen LogP contribution in [0.5, 0.6) is 0 Å². The van der Waals surface area contributed by atoms with Crippen LogP contribution < -0.4 is 10.9 Å². The predicted molar refractivity (Wildman–Crippen MR) is 109 cm³/mol. The normalized spacial score (nSPS) is 10.9. The second-order valence-electron chi connectivity index (χ2n) is 6.45. The molecule has 0 aliphatic rings. The lowest BCUT2D eigenvalue weighted by Gasteiger charge is -2.04. The molecule has 0 aliphatic carbocycles. The van der Waals surface area contributed by atoms with Crippen molar-refractivity contribution in [1.82, 2.24) is 30.2 Å². The lowest BCUT2D eigenvalue weighted by Crippen LogP contribution is -2.42. The van der Waals surface area contributed by atoms with Crippen LogP contribution in [0.2, 0.25) is 5.02 Å². The highest BCUT2D eigenvalue weighted by Crippen LogP contribution is 2.20. The molecule has 29 heavy (non-hydrogen) atoms. The molecule has 2 heterocycles. The number of nitrogens with zero attached hydrogens (tertiary/aromatic N) is 4. The summed E-state index contributed by atoms with van der Waals surface area (Å²) in [7, 11) is 1.85.